The van der Waals surface area contributed by atoms with Crippen LogP contribution in [0, 0.1) is 0 Å². The van der Waals surface area contributed by atoms with Crippen LogP contribution in [0.3, 0.4) is 0 Å². The number of likely N-dealkylation sites (tertiary alicyclic amines) is 1. The summed E-state index contributed by atoms with van der Waals surface area (Å²) in [7, 11) is 4.42. The molecule has 0 aromatic carbocycles. The van der Waals surface area contributed by atoms with E-state index >= 15 is 0 Å². The molecule has 2 nitrogen and oxygen atoms in total. The zero-order chi connectivity index (χ0) is 9.68. The summed E-state index contributed by atoms with van der Waals surface area (Å²) in [5.41, 5.74) is 0. The van der Waals surface area contributed by atoms with Gasteiger partial charge in [-0.25, -0.2) is 0 Å². The first-order valence-corrected chi connectivity index (χ1v) is 5.72. The van der Waals surface area contributed by atoms with Crippen molar-refractivity contribution in [3.8, 4) is 0 Å². The summed E-state index contributed by atoms with van der Waals surface area (Å²) in [6.07, 6.45) is 3.83. The molecule has 13 heavy (non-hydrogen) atoms. The molecule has 1 saturated heterocycles. The first-order chi connectivity index (χ1) is 6.24. The molecule has 1 heterocycles. The maximum atomic E-state index is 5.65. The van der Waals surface area contributed by atoms with Gasteiger partial charge in [0.05, 0.1) is 0 Å². The first-order valence-electron chi connectivity index (χ1n) is 5.19. The van der Waals surface area contributed by atoms with Crippen molar-refractivity contribution in [2.75, 3.05) is 39.6 Å². The molecule has 1 fully saturated rings. The van der Waals surface area contributed by atoms with Gasteiger partial charge in [-0.15, -0.1) is 11.6 Å². The monoisotopic (exact) mass is 204 g/mol. The average Bonchev–Trinajstić information content (AvgIpc) is 2.48. The minimum absolute atomic E-state index is 0.778. The Kier molecular flexibility index (Phi) is 5.07. The number of rotatable bonds is 5. The van der Waals surface area contributed by atoms with Gasteiger partial charge < -0.3 is 9.80 Å². The van der Waals surface area contributed by atoms with Crippen LogP contribution in [0.25, 0.3) is 0 Å². The lowest BCUT2D eigenvalue weighted by molar-refractivity contribution is 0.220. The Labute approximate surface area is 86.8 Å². The molecule has 1 rings (SSSR count). The predicted molar refractivity (Wildman–Crippen MR) is 58.5 cm³/mol. The van der Waals surface area contributed by atoms with Crippen molar-refractivity contribution in [2.24, 2.45) is 0 Å². The molecule has 0 N–H and O–H groups in total. The number of halogens is 1. The van der Waals surface area contributed by atoms with Crippen molar-refractivity contribution >= 4 is 11.6 Å². The second-order valence-corrected chi connectivity index (χ2v) is 4.46. The maximum Gasteiger partial charge on any atom is 0.0235 e. The van der Waals surface area contributed by atoms with Crippen LogP contribution in [0.15, 0.2) is 0 Å². The quantitative estimate of drug-likeness (QED) is 0.629. The molecule has 0 saturated carbocycles. The molecule has 1 aliphatic heterocycles. The summed E-state index contributed by atoms with van der Waals surface area (Å²) < 4.78 is 0. The van der Waals surface area contributed by atoms with Gasteiger partial charge in [0.15, 0.2) is 0 Å². The van der Waals surface area contributed by atoms with Crippen LogP contribution < -0.4 is 0 Å². The summed E-state index contributed by atoms with van der Waals surface area (Å²) in [6.45, 7) is 3.61. The average molecular weight is 205 g/mol. The van der Waals surface area contributed by atoms with Gasteiger partial charge in [0.1, 0.15) is 0 Å². The molecule has 0 spiro atoms. The maximum absolute atomic E-state index is 5.65. The van der Waals surface area contributed by atoms with Gasteiger partial charge in [-0.05, 0) is 46.4 Å². The molecule has 1 aliphatic rings. The smallest absolute Gasteiger partial charge is 0.0235 e. The molecule has 1 atom stereocenters. The van der Waals surface area contributed by atoms with Gasteiger partial charge in [-0.2, -0.15) is 0 Å². The lowest BCUT2D eigenvalue weighted by Gasteiger charge is -2.25. The third kappa shape index (κ3) is 3.84. The third-order valence-electron chi connectivity index (χ3n) is 2.87. The summed E-state index contributed by atoms with van der Waals surface area (Å²) in [6, 6.07) is 0.778. The van der Waals surface area contributed by atoms with Crippen LogP contribution in [0.4, 0.5) is 0 Å². The van der Waals surface area contributed by atoms with Crippen LogP contribution in [-0.4, -0.2) is 55.5 Å². The third-order valence-corrected chi connectivity index (χ3v) is 3.13. The molecule has 0 radical (unpaired) electrons. The second kappa shape index (κ2) is 5.84. The van der Waals surface area contributed by atoms with E-state index in [2.05, 4.69) is 23.9 Å². The van der Waals surface area contributed by atoms with E-state index in [0.29, 0.717) is 0 Å². The zero-order valence-corrected chi connectivity index (χ0v) is 9.56. The van der Waals surface area contributed by atoms with Gasteiger partial charge in [-0.1, -0.05) is 0 Å². The Bertz CT molecular complexity index is 141. The fourth-order valence-electron chi connectivity index (χ4n) is 1.99. The molecule has 0 aromatic rings. The van der Waals surface area contributed by atoms with Crippen molar-refractivity contribution in [3.63, 3.8) is 0 Å². The van der Waals surface area contributed by atoms with Crippen LogP contribution in [0.1, 0.15) is 19.3 Å². The van der Waals surface area contributed by atoms with Gasteiger partial charge in [0.25, 0.3) is 0 Å². The molecule has 0 aliphatic carbocycles. The van der Waals surface area contributed by atoms with Crippen LogP contribution in [-0.2, 0) is 0 Å². The largest absolute Gasteiger partial charge is 0.305 e. The first kappa shape index (κ1) is 11.3. The molecular weight excluding hydrogens is 184 g/mol. The minimum atomic E-state index is 0.778. The fraction of sp³-hybridized carbons (Fsp3) is 1.00. The Morgan fingerprint density at radius 3 is 2.85 bits per heavy atom. The van der Waals surface area contributed by atoms with E-state index in [-0.39, 0.29) is 0 Å². The number of hydrogen-bond acceptors (Lipinski definition) is 2. The number of hydrogen-bond donors (Lipinski definition) is 0. The highest BCUT2D eigenvalue weighted by atomic mass is 35.5. The second-order valence-electron chi connectivity index (χ2n) is 4.08. The highest BCUT2D eigenvalue weighted by molar-refractivity contribution is 6.17. The van der Waals surface area contributed by atoms with Crippen molar-refractivity contribution in [1.82, 2.24) is 9.80 Å². The molecule has 0 aromatic heterocycles. The van der Waals surface area contributed by atoms with E-state index in [9.17, 15) is 0 Å². The van der Waals surface area contributed by atoms with E-state index in [1.54, 1.807) is 0 Å². The SMILES string of the molecule is CN(CCCCl)CC1CCCN1C. The topological polar surface area (TPSA) is 6.48 Å². The van der Waals surface area contributed by atoms with Crippen molar-refractivity contribution in [3.05, 3.63) is 0 Å². The minimum Gasteiger partial charge on any atom is -0.305 e. The molecule has 3 heteroatoms. The van der Waals surface area contributed by atoms with Crippen LogP contribution in [0.5, 0.6) is 0 Å². The predicted octanol–water partition coefficient (Wildman–Crippen LogP) is 1.64. The fourth-order valence-corrected chi connectivity index (χ4v) is 2.11. The standard InChI is InChI=1S/C10H21ClN2/c1-12(7-4-6-11)9-10-5-3-8-13(10)2/h10H,3-9H2,1-2H3. The number of alkyl halides is 1. The Morgan fingerprint density at radius 1 is 1.54 bits per heavy atom. The Hall–Kier alpha value is 0.210. The van der Waals surface area contributed by atoms with Crippen molar-refractivity contribution in [2.45, 2.75) is 25.3 Å². The highest BCUT2D eigenvalue weighted by Gasteiger charge is 2.21. The highest BCUT2D eigenvalue weighted by Crippen LogP contribution is 2.15. The number of likely N-dealkylation sites (N-methyl/N-ethyl adjacent to an activating group) is 2. The number of nitrogens with zero attached hydrogens (tertiary/aromatic N) is 2. The van der Waals surface area contributed by atoms with Gasteiger partial charge in [-0.3, -0.25) is 0 Å². The van der Waals surface area contributed by atoms with Crippen LogP contribution >= 0.6 is 11.6 Å². The van der Waals surface area contributed by atoms with E-state index in [1.165, 1.54) is 25.9 Å². The molecule has 78 valence electrons. The lowest BCUT2D eigenvalue weighted by atomic mass is 10.2. The molecular formula is C10H21ClN2. The van der Waals surface area contributed by atoms with Crippen LogP contribution in [0.2, 0.25) is 0 Å². The molecule has 0 amide bonds. The van der Waals surface area contributed by atoms with Gasteiger partial charge in [0, 0.05) is 18.5 Å². The van der Waals surface area contributed by atoms with E-state index in [0.717, 1.165) is 24.9 Å². The summed E-state index contributed by atoms with van der Waals surface area (Å²) >= 11 is 5.65. The van der Waals surface area contributed by atoms with E-state index in [1.807, 2.05) is 0 Å². The lowest BCUT2D eigenvalue weighted by Crippen LogP contribution is -2.37. The van der Waals surface area contributed by atoms with E-state index in [4.69, 9.17) is 11.6 Å². The van der Waals surface area contributed by atoms with Crippen molar-refractivity contribution < 1.29 is 0 Å². The van der Waals surface area contributed by atoms with Gasteiger partial charge in [0.2, 0.25) is 0 Å². The normalized spacial score (nSPS) is 24.5. The van der Waals surface area contributed by atoms with E-state index < -0.39 is 0 Å². The van der Waals surface area contributed by atoms with Gasteiger partial charge >= 0.3 is 0 Å². The summed E-state index contributed by atoms with van der Waals surface area (Å²) in [5, 5.41) is 0. The zero-order valence-electron chi connectivity index (χ0n) is 8.80. The Morgan fingerprint density at radius 2 is 2.31 bits per heavy atom. The summed E-state index contributed by atoms with van der Waals surface area (Å²) in [5.74, 6) is 0.783. The molecule has 0 bridgehead atoms. The van der Waals surface area contributed by atoms with Crippen molar-refractivity contribution in [1.29, 1.82) is 0 Å². The molecule has 1 unspecified atom stereocenters. The summed E-state index contributed by atoms with van der Waals surface area (Å²) in [4.78, 5) is 4.87. The Balaban J connectivity index is 2.15.